The third kappa shape index (κ3) is 2.44. The molecule has 0 aromatic heterocycles. The van der Waals surface area contributed by atoms with Crippen molar-refractivity contribution in [3.05, 3.63) is 71.5 Å². The van der Waals surface area contributed by atoms with Crippen molar-refractivity contribution in [2.24, 2.45) is 0 Å². The first-order chi connectivity index (χ1) is 10.6. The number of hydrogen-bond acceptors (Lipinski definition) is 3. The predicted molar refractivity (Wildman–Crippen MR) is 82.2 cm³/mol. The Kier molecular flexibility index (Phi) is 3.59. The van der Waals surface area contributed by atoms with Gasteiger partial charge in [0.25, 0.3) is 0 Å². The Hall–Kier alpha value is -2.75. The van der Waals surface area contributed by atoms with Gasteiger partial charge in [-0.3, -0.25) is 4.79 Å². The van der Waals surface area contributed by atoms with Gasteiger partial charge in [-0.05, 0) is 30.7 Å². The highest BCUT2D eigenvalue weighted by Gasteiger charge is 2.27. The summed E-state index contributed by atoms with van der Waals surface area (Å²) in [5.41, 5.74) is 2.31. The number of allylic oxidation sites excluding steroid dienone is 1. The summed E-state index contributed by atoms with van der Waals surface area (Å²) < 4.78 is 5.58. The van der Waals surface area contributed by atoms with Crippen molar-refractivity contribution in [1.29, 1.82) is 0 Å². The number of hydrogen-bond donors (Lipinski definition) is 2. The number of carboxylic acid groups (broad SMARTS) is 1. The van der Waals surface area contributed by atoms with Gasteiger partial charge >= 0.3 is 5.97 Å². The number of carbonyl (C=O) groups is 1. The van der Waals surface area contributed by atoms with E-state index in [9.17, 15) is 15.0 Å². The maximum Gasteiger partial charge on any atom is 0.310 e. The minimum atomic E-state index is -0.956. The third-order valence-electron chi connectivity index (χ3n) is 3.92. The molecule has 1 heterocycles. The largest absolute Gasteiger partial charge is 0.508 e. The van der Waals surface area contributed by atoms with Gasteiger partial charge in [-0.1, -0.05) is 30.3 Å². The van der Waals surface area contributed by atoms with Gasteiger partial charge in [0.15, 0.2) is 0 Å². The Bertz CT molecular complexity index is 734. The van der Waals surface area contributed by atoms with Crippen LogP contribution in [0.5, 0.6) is 11.5 Å². The second-order valence-corrected chi connectivity index (χ2v) is 5.35. The van der Waals surface area contributed by atoms with E-state index < -0.39 is 11.9 Å². The van der Waals surface area contributed by atoms with E-state index in [0.29, 0.717) is 11.3 Å². The summed E-state index contributed by atoms with van der Waals surface area (Å²) in [5.74, 6) is -1.23. The van der Waals surface area contributed by atoms with Gasteiger partial charge in [-0.2, -0.15) is 0 Å². The number of carboxylic acids is 1. The van der Waals surface area contributed by atoms with Crippen LogP contribution in [0, 0.1) is 0 Å². The molecule has 1 aliphatic rings. The van der Waals surface area contributed by atoms with E-state index in [1.807, 2.05) is 36.4 Å². The number of phenols is 1. The Morgan fingerprint density at radius 3 is 2.64 bits per heavy atom. The summed E-state index contributed by atoms with van der Waals surface area (Å²) in [4.78, 5) is 11.3. The highest BCUT2D eigenvalue weighted by molar-refractivity contribution is 5.77. The maximum absolute atomic E-state index is 11.3. The van der Waals surface area contributed by atoms with Gasteiger partial charge in [0.2, 0.25) is 0 Å². The molecule has 3 rings (SSSR count). The zero-order chi connectivity index (χ0) is 15.7. The number of rotatable bonds is 3. The first-order valence-corrected chi connectivity index (χ1v) is 7.06. The molecule has 0 saturated heterocycles. The van der Waals surface area contributed by atoms with E-state index in [4.69, 9.17) is 4.74 Å². The Morgan fingerprint density at radius 2 is 1.95 bits per heavy atom. The lowest BCUT2D eigenvalue weighted by Crippen LogP contribution is -2.13. The summed E-state index contributed by atoms with van der Waals surface area (Å²) in [5, 5.41) is 19.2. The Balaban J connectivity index is 2.15. The first kappa shape index (κ1) is 14.2. The molecule has 0 bridgehead atoms. The lowest BCUT2D eigenvalue weighted by molar-refractivity contribution is -0.138. The molecule has 4 nitrogen and oxygen atoms in total. The van der Waals surface area contributed by atoms with Gasteiger partial charge in [0.05, 0.1) is 12.2 Å². The molecule has 4 heteroatoms. The maximum atomic E-state index is 11.3. The van der Waals surface area contributed by atoms with Crippen molar-refractivity contribution in [3.63, 3.8) is 0 Å². The van der Waals surface area contributed by atoms with Crippen LogP contribution in [0.15, 0.2) is 54.8 Å². The Labute approximate surface area is 128 Å². The topological polar surface area (TPSA) is 66.8 Å². The van der Waals surface area contributed by atoms with Crippen molar-refractivity contribution in [2.75, 3.05) is 0 Å². The smallest absolute Gasteiger partial charge is 0.310 e. The van der Waals surface area contributed by atoms with E-state index in [2.05, 4.69) is 0 Å². The van der Waals surface area contributed by atoms with Gasteiger partial charge < -0.3 is 14.9 Å². The molecule has 2 unspecified atom stereocenters. The number of ether oxygens (including phenoxy) is 1. The van der Waals surface area contributed by atoms with E-state index >= 15 is 0 Å². The number of aromatic hydroxyl groups is 1. The second kappa shape index (κ2) is 5.56. The molecular weight excluding hydrogens is 280 g/mol. The summed E-state index contributed by atoms with van der Waals surface area (Å²) in [6.45, 7) is 1.58. The molecule has 0 radical (unpaired) electrons. The molecule has 22 heavy (non-hydrogen) atoms. The first-order valence-electron chi connectivity index (χ1n) is 7.06. The number of benzene rings is 2. The summed E-state index contributed by atoms with van der Waals surface area (Å²) in [7, 11) is 0. The summed E-state index contributed by atoms with van der Waals surface area (Å²) in [6, 6.07) is 12.9. The van der Waals surface area contributed by atoms with E-state index in [0.717, 1.165) is 11.1 Å². The second-order valence-electron chi connectivity index (χ2n) is 5.35. The van der Waals surface area contributed by atoms with Crippen molar-refractivity contribution in [3.8, 4) is 11.5 Å². The lowest BCUT2D eigenvalue weighted by atomic mass is 9.86. The van der Waals surface area contributed by atoms with Crippen LogP contribution < -0.4 is 4.74 Å². The minimum absolute atomic E-state index is 0.0432. The van der Waals surface area contributed by atoms with Gasteiger partial charge in [-0.15, -0.1) is 0 Å². The van der Waals surface area contributed by atoms with Crippen LogP contribution in [-0.2, 0) is 4.79 Å². The normalized spacial score (nSPS) is 17.4. The molecule has 0 fully saturated rings. The number of fused-ring (bicyclic) bond motifs is 1. The molecular formula is C18H16O4. The van der Waals surface area contributed by atoms with Crippen LogP contribution in [0.1, 0.15) is 35.4 Å². The highest BCUT2D eigenvalue weighted by Crippen LogP contribution is 2.43. The summed E-state index contributed by atoms with van der Waals surface area (Å²) >= 11 is 0. The van der Waals surface area contributed by atoms with Crippen LogP contribution in [0.2, 0.25) is 0 Å². The standard InChI is InChI=1S/C18H16O4/c1-11(18(20)21)15-9-13(19)10-16-14(7-8-22-17(15)16)12-5-3-2-4-6-12/h2-11,14,19H,1H3,(H,20,21). The van der Waals surface area contributed by atoms with Crippen LogP contribution in [-0.4, -0.2) is 16.2 Å². The van der Waals surface area contributed by atoms with Crippen molar-refractivity contribution < 1.29 is 19.7 Å². The van der Waals surface area contributed by atoms with Crippen LogP contribution in [0.3, 0.4) is 0 Å². The molecule has 0 spiro atoms. The zero-order valence-electron chi connectivity index (χ0n) is 12.1. The van der Waals surface area contributed by atoms with Crippen LogP contribution >= 0.6 is 0 Å². The molecule has 2 aromatic carbocycles. The zero-order valence-corrected chi connectivity index (χ0v) is 12.1. The molecule has 0 amide bonds. The molecule has 112 valence electrons. The SMILES string of the molecule is CC(C(=O)O)c1cc(O)cc2c1OC=CC2c1ccccc1. The highest BCUT2D eigenvalue weighted by atomic mass is 16.5. The monoisotopic (exact) mass is 296 g/mol. The quantitative estimate of drug-likeness (QED) is 0.908. The van der Waals surface area contributed by atoms with Crippen molar-refractivity contribution in [2.45, 2.75) is 18.8 Å². The van der Waals surface area contributed by atoms with E-state index in [1.165, 1.54) is 6.07 Å². The number of phenolic OH excluding ortho intramolecular Hbond substituents is 1. The summed E-state index contributed by atoms with van der Waals surface area (Å²) in [6.07, 6.45) is 3.47. The minimum Gasteiger partial charge on any atom is -0.508 e. The fourth-order valence-corrected chi connectivity index (χ4v) is 2.72. The molecule has 0 aliphatic carbocycles. The van der Waals surface area contributed by atoms with Crippen molar-refractivity contribution >= 4 is 5.97 Å². The molecule has 2 N–H and O–H groups in total. The Morgan fingerprint density at radius 1 is 1.23 bits per heavy atom. The number of aliphatic carboxylic acids is 1. The third-order valence-corrected chi connectivity index (χ3v) is 3.92. The molecule has 2 aromatic rings. The van der Waals surface area contributed by atoms with E-state index in [-0.39, 0.29) is 11.7 Å². The molecule has 1 aliphatic heterocycles. The fourth-order valence-electron chi connectivity index (χ4n) is 2.72. The van der Waals surface area contributed by atoms with Crippen LogP contribution in [0.25, 0.3) is 0 Å². The predicted octanol–water partition coefficient (Wildman–Crippen LogP) is 3.62. The van der Waals surface area contributed by atoms with Gasteiger partial charge in [0.1, 0.15) is 11.5 Å². The van der Waals surface area contributed by atoms with Crippen molar-refractivity contribution in [1.82, 2.24) is 0 Å². The van der Waals surface area contributed by atoms with E-state index in [1.54, 1.807) is 19.3 Å². The average Bonchev–Trinajstić information content (AvgIpc) is 2.53. The van der Waals surface area contributed by atoms with Crippen LogP contribution in [0.4, 0.5) is 0 Å². The van der Waals surface area contributed by atoms with Gasteiger partial charge in [0, 0.05) is 17.0 Å². The lowest BCUT2D eigenvalue weighted by Gasteiger charge is -2.25. The molecule has 2 atom stereocenters. The fraction of sp³-hybridized carbons (Fsp3) is 0.167. The van der Waals surface area contributed by atoms with Gasteiger partial charge in [-0.25, -0.2) is 0 Å². The average molecular weight is 296 g/mol. The molecule has 0 saturated carbocycles.